The lowest BCUT2D eigenvalue weighted by Gasteiger charge is -2.28. The van der Waals surface area contributed by atoms with E-state index in [1.807, 2.05) is 61.0 Å². The molecule has 1 saturated heterocycles. The van der Waals surface area contributed by atoms with Gasteiger partial charge in [0.2, 0.25) is 5.95 Å². The van der Waals surface area contributed by atoms with Crippen LogP contribution in [0.5, 0.6) is 0 Å². The molecule has 0 saturated carbocycles. The monoisotopic (exact) mass is 416 g/mol. The van der Waals surface area contributed by atoms with Crippen LogP contribution >= 0.6 is 0 Å². The van der Waals surface area contributed by atoms with Crippen molar-refractivity contribution in [2.75, 3.05) is 41.8 Å². The third-order valence-corrected chi connectivity index (χ3v) is 5.31. The van der Waals surface area contributed by atoms with Gasteiger partial charge in [-0.15, -0.1) is 0 Å². The molecule has 4 aromatic heterocycles. The van der Waals surface area contributed by atoms with Crippen LogP contribution in [0.15, 0.2) is 48.9 Å². The number of hydrogen-bond acceptors (Lipinski definition) is 8. The highest BCUT2D eigenvalue weighted by Crippen LogP contribution is 2.24. The van der Waals surface area contributed by atoms with Gasteiger partial charge in [-0.05, 0) is 31.5 Å². The lowest BCUT2D eigenvalue weighted by Crippen LogP contribution is -2.36. The van der Waals surface area contributed by atoms with Crippen LogP contribution in [0.2, 0.25) is 0 Å². The molecule has 2 N–H and O–H groups in total. The largest absolute Gasteiger partial charge is 0.378 e. The van der Waals surface area contributed by atoms with E-state index >= 15 is 0 Å². The van der Waals surface area contributed by atoms with Gasteiger partial charge in [-0.25, -0.2) is 9.97 Å². The molecule has 0 aromatic carbocycles. The Hall–Kier alpha value is -3.72. The normalized spacial score (nSPS) is 14.1. The molecule has 5 rings (SSSR count). The maximum atomic E-state index is 5.50. The number of rotatable bonds is 5. The Morgan fingerprint density at radius 2 is 1.77 bits per heavy atom. The summed E-state index contributed by atoms with van der Waals surface area (Å²) in [5.74, 6) is 2.74. The minimum Gasteiger partial charge on any atom is -0.378 e. The summed E-state index contributed by atoms with van der Waals surface area (Å²) in [6.45, 7) is 6.98. The number of imidazole rings is 1. The fourth-order valence-corrected chi connectivity index (χ4v) is 3.46. The van der Waals surface area contributed by atoms with Crippen molar-refractivity contribution >= 4 is 34.7 Å². The second-order valence-corrected chi connectivity index (χ2v) is 7.49. The summed E-state index contributed by atoms with van der Waals surface area (Å²) in [4.78, 5) is 20.6. The molecule has 1 aliphatic rings. The fraction of sp³-hybridized carbons (Fsp3) is 0.273. The Morgan fingerprint density at radius 3 is 2.61 bits per heavy atom. The van der Waals surface area contributed by atoms with Gasteiger partial charge < -0.3 is 24.7 Å². The average molecular weight is 416 g/mol. The quantitative estimate of drug-likeness (QED) is 0.511. The van der Waals surface area contributed by atoms with E-state index < -0.39 is 0 Å². The molecule has 31 heavy (non-hydrogen) atoms. The molecule has 0 bridgehead atoms. The van der Waals surface area contributed by atoms with Gasteiger partial charge in [-0.3, -0.25) is 0 Å². The van der Waals surface area contributed by atoms with E-state index in [-0.39, 0.29) is 0 Å². The lowest BCUT2D eigenvalue weighted by atomic mass is 10.2. The smallest absolute Gasteiger partial charge is 0.232 e. The van der Waals surface area contributed by atoms with Gasteiger partial charge in [0.25, 0.3) is 0 Å². The summed E-state index contributed by atoms with van der Waals surface area (Å²) < 4.78 is 7.46. The van der Waals surface area contributed by atoms with Crippen molar-refractivity contribution in [3.05, 3.63) is 60.2 Å². The number of morpholine rings is 1. The molecule has 1 aliphatic heterocycles. The topological polar surface area (TPSA) is 92.5 Å². The summed E-state index contributed by atoms with van der Waals surface area (Å²) in [6.07, 6.45) is 5.66. The third kappa shape index (κ3) is 4.26. The van der Waals surface area contributed by atoms with Gasteiger partial charge in [0.15, 0.2) is 0 Å². The number of anilines is 5. The molecule has 0 radical (unpaired) electrons. The number of ether oxygens (including phenoxy) is 1. The van der Waals surface area contributed by atoms with Gasteiger partial charge in [0.05, 0.1) is 13.2 Å². The molecule has 158 valence electrons. The molecule has 9 nitrogen and oxygen atoms in total. The first-order chi connectivity index (χ1) is 15.1. The molecule has 0 atom stereocenters. The highest BCUT2D eigenvalue weighted by Gasteiger charge is 2.16. The highest BCUT2D eigenvalue weighted by atomic mass is 16.5. The Labute approximate surface area is 180 Å². The molecular weight excluding hydrogens is 392 g/mol. The number of nitrogens with one attached hydrogen (secondary N) is 2. The van der Waals surface area contributed by atoms with Crippen molar-refractivity contribution in [2.45, 2.75) is 13.8 Å². The van der Waals surface area contributed by atoms with Crippen LogP contribution in [0.4, 0.5) is 29.1 Å². The predicted octanol–water partition coefficient (Wildman–Crippen LogP) is 3.46. The fourth-order valence-electron chi connectivity index (χ4n) is 3.46. The summed E-state index contributed by atoms with van der Waals surface area (Å²) in [5, 5.41) is 6.64. The number of hydrogen-bond donors (Lipinski definition) is 2. The molecule has 9 heteroatoms. The minimum atomic E-state index is 0.490. The van der Waals surface area contributed by atoms with Gasteiger partial charge in [0.1, 0.15) is 23.1 Å². The number of aryl methyl sites for hydroxylation is 2. The third-order valence-electron chi connectivity index (χ3n) is 5.31. The molecule has 5 heterocycles. The molecule has 4 aromatic rings. The van der Waals surface area contributed by atoms with Gasteiger partial charge in [0, 0.05) is 55.2 Å². The van der Waals surface area contributed by atoms with E-state index in [4.69, 9.17) is 9.72 Å². The van der Waals surface area contributed by atoms with Crippen LogP contribution < -0.4 is 15.5 Å². The van der Waals surface area contributed by atoms with E-state index in [2.05, 4.69) is 30.5 Å². The molecule has 0 unspecified atom stereocenters. The molecular formula is C22H24N8O. The van der Waals surface area contributed by atoms with Crippen LogP contribution in [0.3, 0.4) is 0 Å². The summed E-state index contributed by atoms with van der Waals surface area (Å²) in [6, 6.07) is 9.90. The van der Waals surface area contributed by atoms with Crippen molar-refractivity contribution < 1.29 is 4.74 Å². The van der Waals surface area contributed by atoms with Gasteiger partial charge >= 0.3 is 0 Å². The predicted molar refractivity (Wildman–Crippen MR) is 121 cm³/mol. The first-order valence-corrected chi connectivity index (χ1v) is 10.3. The Morgan fingerprint density at radius 1 is 0.903 bits per heavy atom. The zero-order valence-electron chi connectivity index (χ0n) is 17.5. The zero-order valence-corrected chi connectivity index (χ0v) is 17.5. The SMILES string of the molecule is Cc1ccc(Nc2nc(Nc3ccn4ccnc4c3)cc(N3CCOCC3)n2)nc1C. The van der Waals surface area contributed by atoms with Crippen molar-refractivity contribution in [3.63, 3.8) is 0 Å². The number of aromatic nitrogens is 5. The average Bonchev–Trinajstić information content (AvgIpc) is 3.25. The summed E-state index contributed by atoms with van der Waals surface area (Å²) >= 11 is 0. The van der Waals surface area contributed by atoms with Crippen molar-refractivity contribution in [2.24, 2.45) is 0 Å². The summed E-state index contributed by atoms with van der Waals surface area (Å²) in [5.41, 5.74) is 3.89. The number of pyridine rings is 2. The van der Waals surface area contributed by atoms with E-state index in [1.54, 1.807) is 6.20 Å². The highest BCUT2D eigenvalue weighted by molar-refractivity contribution is 5.65. The van der Waals surface area contributed by atoms with Crippen molar-refractivity contribution in [1.82, 2.24) is 24.3 Å². The van der Waals surface area contributed by atoms with Crippen LogP contribution in [0.25, 0.3) is 5.65 Å². The van der Waals surface area contributed by atoms with E-state index in [9.17, 15) is 0 Å². The molecule has 0 aliphatic carbocycles. The Kier molecular flexibility index (Phi) is 5.09. The van der Waals surface area contributed by atoms with Gasteiger partial charge in [-0.1, -0.05) is 6.07 Å². The van der Waals surface area contributed by atoms with Gasteiger partial charge in [-0.2, -0.15) is 9.97 Å². The first kappa shape index (κ1) is 19.3. The lowest BCUT2D eigenvalue weighted by molar-refractivity contribution is 0.122. The molecule has 1 fully saturated rings. The second kappa shape index (κ2) is 8.19. The zero-order chi connectivity index (χ0) is 21.2. The number of nitrogens with zero attached hydrogens (tertiary/aromatic N) is 6. The Bertz CT molecular complexity index is 1220. The second-order valence-electron chi connectivity index (χ2n) is 7.49. The minimum absolute atomic E-state index is 0.490. The number of fused-ring (bicyclic) bond motifs is 1. The summed E-state index contributed by atoms with van der Waals surface area (Å²) in [7, 11) is 0. The van der Waals surface area contributed by atoms with Crippen molar-refractivity contribution in [1.29, 1.82) is 0 Å². The van der Waals surface area contributed by atoms with E-state index in [0.717, 1.165) is 41.5 Å². The molecule has 0 spiro atoms. The standard InChI is InChI=1S/C22H24N8O/c1-15-3-4-18(24-16(15)2)26-22-27-19(14-21(28-22)30-9-11-31-12-10-30)25-17-5-7-29-8-6-23-20(29)13-17/h3-8,13-14H,9-12H2,1-2H3,(H2,24,25,26,27,28). The van der Waals surface area contributed by atoms with Crippen LogP contribution in [-0.2, 0) is 4.74 Å². The maximum absolute atomic E-state index is 5.50. The van der Waals surface area contributed by atoms with Crippen LogP contribution in [0.1, 0.15) is 11.3 Å². The van der Waals surface area contributed by atoms with E-state index in [1.165, 1.54) is 0 Å². The maximum Gasteiger partial charge on any atom is 0.232 e. The van der Waals surface area contributed by atoms with Crippen molar-refractivity contribution in [3.8, 4) is 0 Å². The first-order valence-electron chi connectivity index (χ1n) is 10.3. The Balaban J connectivity index is 1.47. The molecule has 0 amide bonds. The van der Waals surface area contributed by atoms with E-state index in [0.29, 0.717) is 30.8 Å². The van der Waals surface area contributed by atoms with Crippen LogP contribution in [0, 0.1) is 13.8 Å². The van der Waals surface area contributed by atoms with Crippen LogP contribution in [-0.4, -0.2) is 50.6 Å².